The molecule has 0 saturated heterocycles. The Hall–Kier alpha value is -2.44. The highest BCUT2D eigenvalue weighted by molar-refractivity contribution is 9.11. The lowest BCUT2D eigenvalue weighted by molar-refractivity contribution is -0.140. The fraction of sp³-hybridized carbons (Fsp3) is 0.211. The molecule has 1 aliphatic carbocycles. The molecule has 1 aromatic carbocycles. The zero-order valence-electron chi connectivity index (χ0n) is 14.1. The summed E-state index contributed by atoms with van der Waals surface area (Å²) in [5, 5.41) is 0. The second-order valence-electron chi connectivity index (χ2n) is 6.24. The van der Waals surface area contributed by atoms with Crippen molar-refractivity contribution in [3.05, 3.63) is 55.9 Å². The molecule has 0 spiro atoms. The molecule has 1 aliphatic rings. The van der Waals surface area contributed by atoms with Crippen LogP contribution in [0.15, 0.2) is 39.0 Å². The molecule has 28 heavy (non-hydrogen) atoms. The van der Waals surface area contributed by atoms with Crippen LogP contribution in [0.4, 0.5) is 13.2 Å². The first-order valence-electron chi connectivity index (χ1n) is 8.27. The van der Waals surface area contributed by atoms with Gasteiger partial charge in [-0.1, -0.05) is 24.0 Å². The summed E-state index contributed by atoms with van der Waals surface area (Å²) in [5.74, 6) is 6.56. The first-order valence-corrected chi connectivity index (χ1v) is 9.88. The largest absolute Gasteiger partial charge is 0.434 e. The van der Waals surface area contributed by atoms with Gasteiger partial charge in [0.05, 0.1) is 5.69 Å². The van der Waals surface area contributed by atoms with Crippen molar-refractivity contribution in [1.82, 2.24) is 15.0 Å². The third kappa shape index (κ3) is 4.18. The molecular formula is C19H11BrF3N3OS. The van der Waals surface area contributed by atoms with Gasteiger partial charge in [0.25, 0.3) is 5.56 Å². The number of alkyl halides is 3. The minimum absolute atomic E-state index is 0.0569. The van der Waals surface area contributed by atoms with Crippen LogP contribution in [0.1, 0.15) is 24.1 Å². The Kier molecular flexibility index (Phi) is 4.85. The van der Waals surface area contributed by atoms with E-state index >= 15 is 0 Å². The van der Waals surface area contributed by atoms with E-state index in [0.29, 0.717) is 11.5 Å². The number of hydrogen-bond acceptors (Lipinski definition) is 4. The number of aromatic amines is 1. The van der Waals surface area contributed by atoms with E-state index in [1.807, 2.05) is 0 Å². The van der Waals surface area contributed by atoms with Gasteiger partial charge in [0, 0.05) is 23.1 Å². The van der Waals surface area contributed by atoms with Crippen molar-refractivity contribution >= 4 is 27.3 Å². The summed E-state index contributed by atoms with van der Waals surface area (Å²) in [6.45, 7) is 0. The highest BCUT2D eigenvalue weighted by atomic mass is 79.9. The van der Waals surface area contributed by atoms with Crippen molar-refractivity contribution in [2.75, 3.05) is 0 Å². The highest BCUT2D eigenvalue weighted by Gasteiger charge is 2.38. The topological polar surface area (TPSA) is 58.6 Å². The van der Waals surface area contributed by atoms with E-state index in [0.717, 1.165) is 29.7 Å². The molecule has 142 valence electrons. The molecule has 3 aromatic rings. The van der Waals surface area contributed by atoms with Crippen LogP contribution in [0, 0.1) is 17.8 Å². The molecule has 0 amide bonds. The summed E-state index contributed by atoms with van der Waals surface area (Å²) in [6, 6.07) is 8.35. The van der Waals surface area contributed by atoms with Crippen molar-refractivity contribution in [3.63, 3.8) is 0 Å². The number of hydrogen-bond donors (Lipinski definition) is 1. The molecule has 0 bridgehead atoms. The van der Waals surface area contributed by atoms with E-state index in [2.05, 4.69) is 42.7 Å². The molecule has 9 heteroatoms. The minimum Gasteiger partial charge on any atom is -0.306 e. The number of thiazole rings is 1. The predicted molar refractivity (Wildman–Crippen MR) is 104 cm³/mol. The summed E-state index contributed by atoms with van der Waals surface area (Å²) in [6.07, 6.45) is -2.38. The zero-order chi connectivity index (χ0) is 19.9. The molecule has 0 atom stereocenters. The molecule has 4 nitrogen and oxygen atoms in total. The third-order valence-corrected chi connectivity index (χ3v) is 5.52. The Bertz CT molecular complexity index is 1150. The number of nitrogens with zero attached hydrogens (tertiary/aromatic N) is 2. The van der Waals surface area contributed by atoms with Gasteiger partial charge in [0.2, 0.25) is 0 Å². The molecule has 4 rings (SSSR count). The van der Waals surface area contributed by atoms with Crippen molar-refractivity contribution in [2.45, 2.75) is 19.0 Å². The number of halogens is 4. The van der Waals surface area contributed by atoms with Crippen LogP contribution in [0.2, 0.25) is 0 Å². The second kappa shape index (κ2) is 7.18. The number of benzene rings is 1. The lowest BCUT2D eigenvalue weighted by Crippen LogP contribution is -2.12. The first kappa shape index (κ1) is 18.9. The van der Waals surface area contributed by atoms with Gasteiger partial charge in [0.15, 0.2) is 15.4 Å². The number of aromatic nitrogens is 3. The second-order valence-corrected chi connectivity index (χ2v) is 8.52. The summed E-state index contributed by atoms with van der Waals surface area (Å²) in [4.78, 5) is 21.9. The Morgan fingerprint density at radius 3 is 2.54 bits per heavy atom. The monoisotopic (exact) mass is 465 g/mol. The number of H-pyrrole nitrogens is 1. The Morgan fingerprint density at radius 1 is 1.18 bits per heavy atom. The van der Waals surface area contributed by atoms with Gasteiger partial charge in [-0.3, -0.25) is 4.79 Å². The maximum Gasteiger partial charge on any atom is 0.434 e. The van der Waals surface area contributed by atoms with Crippen LogP contribution in [-0.2, 0) is 6.18 Å². The molecule has 0 unspecified atom stereocenters. The fourth-order valence-electron chi connectivity index (χ4n) is 2.50. The molecular weight excluding hydrogens is 455 g/mol. The maximum atomic E-state index is 13.2. The third-order valence-electron chi connectivity index (χ3n) is 4.00. The molecule has 1 N–H and O–H groups in total. The van der Waals surface area contributed by atoms with Crippen LogP contribution in [0.5, 0.6) is 0 Å². The SMILES string of the molecule is O=c1cc(-c2ccc(C#CC3CC3)cc2)nc(-c2sc(Br)nc2C(F)(F)F)[nH]1. The lowest BCUT2D eigenvalue weighted by atomic mass is 10.1. The molecule has 1 fully saturated rings. The van der Waals surface area contributed by atoms with Crippen molar-refractivity contribution in [2.24, 2.45) is 5.92 Å². The summed E-state index contributed by atoms with van der Waals surface area (Å²) >= 11 is 3.73. The summed E-state index contributed by atoms with van der Waals surface area (Å²) < 4.78 is 39.8. The fourth-order valence-corrected chi connectivity index (χ4v) is 3.92. The lowest BCUT2D eigenvalue weighted by Gasteiger charge is -2.07. The molecule has 2 aromatic heterocycles. The summed E-state index contributed by atoms with van der Waals surface area (Å²) in [5.41, 5.74) is 0.0941. The average molecular weight is 466 g/mol. The van der Waals surface area contributed by atoms with Gasteiger partial charge in [0.1, 0.15) is 4.88 Å². The smallest absolute Gasteiger partial charge is 0.306 e. The van der Waals surface area contributed by atoms with E-state index < -0.39 is 17.4 Å². The van der Waals surface area contributed by atoms with Crippen LogP contribution >= 0.6 is 27.3 Å². The normalized spacial score (nSPS) is 13.9. The Labute approximate surface area is 170 Å². The molecule has 0 radical (unpaired) electrons. The van der Waals surface area contributed by atoms with Gasteiger partial charge in [-0.05, 0) is 40.9 Å². The number of rotatable bonds is 2. The molecule has 2 heterocycles. The first-order chi connectivity index (χ1) is 13.3. The number of nitrogens with one attached hydrogen (secondary N) is 1. The van der Waals surface area contributed by atoms with Crippen molar-refractivity contribution < 1.29 is 13.2 Å². The van der Waals surface area contributed by atoms with Crippen LogP contribution < -0.4 is 5.56 Å². The summed E-state index contributed by atoms with van der Waals surface area (Å²) in [7, 11) is 0. The highest BCUT2D eigenvalue weighted by Crippen LogP contribution is 2.40. The zero-order valence-corrected chi connectivity index (χ0v) is 16.5. The van der Waals surface area contributed by atoms with Gasteiger partial charge in [-0.25, -0.2) is 9.97 Å². The van der Waals surface area contributed by atoms with E-state index in [4.69, 9.17) is 0 Å². The van der Waals surface area contributed by atoms with Gasteiger partial charge in [-0.2, -0.15) is 13.2 Å². The van der Waals surface area contributed by atoms with E-state index in [-0.39, 0.29) is 20.3 Å². The standard InChI is InChI=1S/C19H11BrF3N3OS/c20-18-26-16(19(21,22)23)15(28-18)17-24-13(9-14(27)25-17)12-7-5-11(6-8-12)4-3-10-1-2-10/h5-10H,1-2H2,(H,24,25,27). The van der Waals surface area contributed by atoms with E-state index in [1.165, 1.54) is 6.07 Å². The maximum absolute atomic E-state index is 13.2. The average Bonchev–Trinajstić information content (AvgIpc) is 3.38. The van der Waals surface area contributed by atoms with Crippen LogP contribution in [0.25, 0.3) is 22.0 Å². The van der Waals surface area contributed by atoms with Crippen LogP contribution in [-0.4, -0.2) is 15.0 Å². The molecule has 0 aliphatic heterocycles. The van der Waals surface area contributed by atoms with Crippen molar-refractivity contribution in [1.29, 1.82) is 0 Å². The van der Waals surface area contributed by atoms with Gasteiger partial charge in [-0.15, -0.1) is 11.3 Å². The van der Waals surface area contributed by atoms with Gasteiger partial charge >= 0.3 is 6.18 Å². The predicted octanol–water partition coefficient (Wildman–Crippen LogP) is 5.10. The van der Waals surface area contributed by atoms with E-state index in [9.17, 15) is 18.0 Å². The van der Waals surface area contributed by atoms with Crippen molar-refractivity contribution in [3.8, 4) is 33.8 Å². The van der Waals surface area contributed by atoms with Crippen LogP contribution in [0.3, 0.4) is 0 Å². The Morgan fingerprint density at radius 2 is 1.89 bits per heavy atom. The quantitative estimate of drug-likeness (QED) is 0.535. The molecule has 1 saturated carbocycles. The van der Waals surface area contributed by atoms with Gasteiger partial charge < -0.3 is 4.98 Å². The Balaban J connectivity index is 1.72. The minimum atomic E-state index is -4.66. The van der Waals surface area contributed by atoms with E-state index in [1.54, 1.807) is 24.3 Å².